The molecule has 3 fully saturated rings. The van der Waals surface area contributed by atoms with Crippen molar-refractivity contribution in [2.45, 2.75) is 23.1 Å². The molecule has 7 rings (SSSR count). The number of quaternary nitrogens is 2. The number of rotatable bonds is 2. The van der Waals surface area contributed by atoms with Crippen molar-refractivity contribution in [1.29, 1.82) is 0 Å². The zero-order valence-corrected chi connectivity index (χ0v) is 25.5. The van der Waals surface area contributed by atoms with Gasteiger partial charge in [0.25, 0.3) is 0 Å². The summed E-state index contributed by atoms with van der Waals surface area (Å²) in [5, 5.41) is 4.88. The third-order valence-electron chi connectivity index (χ3n) is 8.29. The van der Waals surface area contributed by atoms with Gasteiger partial charge in [-0.1, -0.05) is 84.9 Å². The van der Waals surface area contributed by atoms with E-state index in [9.17, 15) is 26.3 Å². The van der Waals surface area contributed by atoms with E-state index < -0.39 is 31.3 Å². The highest BCUT2D eigenvalue weighted by Crippen LogP contribution is 2.54. The van der Waals surface area contributed by atoms with Gasteiger partial charge in [-0.25, -0.2) is 16.8 Å². The second-order valence-corrected chi connectivity index (χ2v) is 13.9. The molecular formula is C29H27F7N2O6S2. The van der Waals surface area contributed by atoms with Crippen LogP contribution in [0.15, 0.2) is 84.9 Å². The summed E-state index contributed by atoms with van der Waals surface area (Å²) < 4.78 is 135. The van der Waals surface area contributed by atoms with Gasteiger partial charge in [0, 0.05) is 11.1 Å². The van der Waals surface area contributed by atoms with E-state index in [0.717, 1.165) is 23.1 Å². The maximum absolute atomic E-state index is 16.7. The lowest BCUT2D eigenvalue weighted by Gasteiger charge is -2.57. The molecule has 0 unspecified atom stereocenters. The van der Waals surface area contributed by atoms with Crippen LogP contribution in [0.4, 0.5) is 30.8 Å². The minimum atomic E-state index is -6.09. The molecule has 0 radical (unpaired) electrons. The minimum Gasteiger partial charge on any atom is -0.741 e. The van der Waals surface area contributed by atoms with Gasteiger partial charge >= 0.3 is 11.0 Å². The Bertz CT molecular complexity index is 1790. The standard InChI is InChI=1S/C27H27FN2.2CHF3O3S/c1-29-16-18-30(28,19-17-29)27(25-15-7-11-21-9-3-5-13-23(21)25)26(29)24-14-6-10-20-8-2-4-12-22(20)24;2*2-1(3,4)8(5,6)7/h2-15,26-27H,16-19H2,1H3;2*(H,5,6,7)/q+2;;/p-2/t26-,27+,29?,30?;;/m1../s1. The zero-order valence-electron chi connectivity index (χ0n) is 23.9. The van der Waals surface area contributed by atoms with Crippen molar-refractivity contribution in [1.82, 2.24) is 0 Å². The summed E-state index contributed by atoms with van der Waals surface area (Å²) in [6.07, 6.45) is 0. The predicted molar refractivity (Wildman–Crippen MR) is 152 cm³/mol. The number of alkyl halides is 6. The highest BCUT2D eigenvalue weighted by atomic mass is 32.2. The van der Waals surface area contributed by atoms with Gasteiger partial charge in [-0.2, -0.15) is 26.3 Å². The molecule has 0 spiro atoms. The van der Waals surface area contributed by atoms with E-state index in [0.29, 0.717) is 13.1 Å². The SMILES string of the molecule is C[N+]12CC[N+](F)(CC1)[C@@H](c1cccc3ccccc13)[C@H]2c1cccc2ccccc12.O=S(=O)([O-])C(F)(F)F.O=S(=O)([O-])C(F)(F)F. The Labute approximate surface area is 259 Å². The second-order valence-electron chi connectivity index (χ2n) is 11.1. The fraction of sp³-hybridized carbons (Fsp3) is 0.310. The molecule has 250 valence electrons. The average molecular weight is 697 g/mol. The summed E-state index contributed by atoms with van der Waals surface area (Å²) >= 11 is 0. The van der Waals surface area contributed by atoms with Crippen molar-refractivity contribution < 1.29 is 66.0 Å². The molecule has 0 N–H and O–H groups in total. The monoisotopic (exact) mass is 696 g/mol. The summed E-state index contributed by atoms with van der Waals surface area (Å²) in [5.74, 6) is 0. The van der Waals surface area contributed by atoms with E-state index in [1.807, 2.05) is 0 Å². The second kappa shape index (κ2) is 12.4. The molecule has 2 bridgehead atoms. The first-order valence-electron chi connectivity index (χ1n) is 13.5. The van der Waals surface area contributed by atoms with Crippen molar-refractivity contribution in [3.63, 3.8) is 0 Å². The molecule has 46 heavy (non-hydrogen) atoms. The molecule has 4 aromatic carbocycles. The Hall–Kier alpha value is -3.35. The lowest BCUT2D eigenvalue weighted by atomic mass is 9.81. The molecule has 3 aliphatic heterocycles. The van der Waals surface area contributed by atoms with Gasteiger partial charge < -0.3 is 13.6 Å². The Morgan fingerprint density at radius 1 is 0.587 bits per heavy atom. The molecule has 8 nitrogen and oxygen atoms in total. The number of hydrogen-bond donors (Lipinski definition) is 0. The van der Waals surface area contributed by atoms with E-state index in [2.05, 4.69) is 92.0 Å². The summed E-state index contributed by atoms with van der Waals surface area (Å²) in [5.41, 5.74) is -8.86. The van der Waals surface area contributed by atoms with Crippen LogP contribution in [0.5, 0.6) is 0 Å². The lowest BCUT2D eigenvalue weighted by Crippen LogP contribution is -2.72. The average Bonchev–Trinajstić information content (AvgIpc) is 2.96. The summed E-state index contributed by atoms with van der Waals surface area (Å²) in [4.78, 5) is 0. The Kier molecular flexibility index (Phi) is 9.53. The molecular weight excluding hydrogens is 669 g/mol. The molecule has 17 heteroatoms. The van der Waals surface area contributed by atoms with Crippen LogP contribution < -0.4 is 0 Å². The lowest BCUT2D eigenvalue weighted by molar-refractivity contribution is -1.18. The van der Waals surface area contributed by atoms with Crippen molar-refractivity contribution >= 4 is 41.8 Å². The van der Waals surface area contributed by atoms with Crippen LogP contribution in [0.3, 0.4) is 0 Å². The van der Waals surface area contributed by atoms with Crippen molar-refractivity contribution in [3.8, 4) is 0 Å². The number of nitrogens with zero attached hydrogens (tertiary/aromatic N) is 2. The van der Waals surface area contributed by atoms with Gasteiger partial charge in [0.1, 0.15) is 13.1 Å². The Morgan fingerprint density at radius 3 is 1.28 bits per heavy atom. The highest BCUT2D eigenvalue weighted by Gasteiger charge is 2.64. The first-order chi connectivity index (χ1) is 21.1. The van der Waals surface area contributed by atoms with Crippen molar-refractivity contribution in [3.05, 3.63) is 96.1 Å². The maximum Gasteiger partial charge on any atom is 0.485 e. The highest BCUT2D eigenvalue weighted by molar-refractivity contribution is 7.86. The molecule has 0 amide bonds. The molecule has 4 aromatic rings. The van der Waals surface area contributed by atoms with Crippen LogP contribution in [0.2, 0.25) is 0 Å². The van der Waals surface area contributed by atoms with Crippen molar-refractivity contribution in [2.75, 3.05) is 33.2 Å². The van der Waals surface area contributed by atoms with Crippen LogP contribution in [-0.4, -0.2) is 79.4 Å². The van der Waals surface area contributed by atoms with E-state index in [1.165, 1.54) is 27.1 Å². The first kappa shape index (κ1) is 35.5. The fourth-order valence-corrected chi connectivity index (χ4v) is 6.11. The number of halogens is 7. The molecule has 0 aliphatic carbocycles. The van der Waals surface area contributed by atoms with Crippen LogP contribution >= 0.6 is 0 Å². The molecule has 0 saturated carbocycles. The van der Waals surface area contributed by atoms with E-state index in [4.69, 9.17) is 25.9 Å². The van der Waals surface area contributed by atoms with Crippen LogP contribution in [-0.2, 0) is 20.2 Å². The van der Waals surface area contributed by atoms with Gasteiger partial charge in [-0.3, -0.25) is 0 Å². The Morgan fingerprint density at radius 2 is 0.913 bits per heavy atom. The van der Waals surface area contributed by atoms with Crippen LogP contribution in [0.25, 0.3) is 21.5 Å². The third-order valence-corrected chi connectivity index (χ3v) is 9.42. The Balaban J connectivity index is 0.000000250. The quantitative estimate of drug-likeness (QED) is 0.0829. The van der Waals surface area contributed by atoms with E-state index >= 15 is 4.48 Å². The molecule has 3 aliphatic rings. The summed E-state index contributed by atoms with van der Waals surface area (Å²) in [6.45, 7) is 2.94. The van der Waals surface area contributed by atoms with Gasteiger partial charge in [0.15, 0.2) is 39.4 Å². The predicted octanol–water partition coefficient (Wildman–Crippen LogP) is 6.05. The first-order valence-corrected chi connectivity index (χ1v) is 16.3. The number of benzene rings is 4. The molecule has 0 aromatic heterocycles. The van der Waals surface area contributed by atoms with Gasteiger partial charge in [-0.05, 0) is 26.0 Å². The van der Waals surface area contributed by atoms with Crippen LogP contribution in [0.1, 0.15) is 23.2 Å². The summed E-state index contributed by atoms with van der Waals surface area (Å²) in [7, 11) is -9.84. The number of likely N-dealkylation sites (N-methyl/N-ethyl adjacent to an activating group) is 1. The third kappa shape index (κ3) is 7.13. The normalized spacial score (nSPS) is 24.9. The van der Waals surface area contributed by atoms with Crippen LogP contribution in [0, 0.1) is 0 Å². The molecule has 3 heterocycles. The van der Waals surface area contributed by atoms with Crippen molar-refractivity contribution in [2.24, 2.45) is 0 Å². The zero-order chi connectivity index (χ0) is 34.3. The number of hydrogen-bond acceptors (Lipinski definition) is 6. The summed E-state index contributed by atoms with van der Waals surface area (Å²) in [6, 6.07) is 29.9. The van der Waals surface area contributed by atoms with Gasteiger partial charge in [0.05, 0.1) is 7.05 Å². The maximum atomic E-state index is 16.7. The van der Waals surface area contributed by atoms with E-state index in [1.54, 1.807) is 0 Å². The van der Waals surface area contributed by atoms with Gasteiger partial charge in [0.2, 0.25) is 6.04 Å². The molecule has 3 saturated heterocycles. The number of fused-ring (bicyclic) bond motifs is 5. The fourth-order valence-electron chi connectivity index (χ4n) is 6.11. The minimum absolute atomic E-state index is 0.0920. The largest absolute Gasteiger partial charge is 0.741 e. The number of piperazine rings is 3. The van der Waals surface area contributed by atoms with Gasteiger partial charge in [-0.15, -0.1) is 4.71 Å². The van der Waals surface area contributed by atoms with E-state index in [-0.39, 0.29) is 16.8 Å². The topological polar surface area (TPSA) is 114 Å². The molecule has 2 atom stereocenters. The smallest absolute Gasteiger partial charge is 0.485 e.